The molecule has 2 aromatic rings. The van der Waals surface area contributed by atoms with Gasteiger partial charge in [-0.1, -0.05) is 18.5 Å². The summed E-state index contributed by atoms with van der Waals surface area (Å²) in [6.45, 7) is 4.01. The molecule has 1 aromatic carbocycles. The minimum atomic E-state index is 0.214. The fraction of sp³-hybridized carbons (Fsp3) is 0.333. The Morgan fingerprint density at radius 3 is 2.63 bits per heavy atom. The van der Waals surface area contributed by atoms with Crippen molar-refractivity contribution in [2.75, 3.05) is 0 Å². The Morgan fingerprint density at radius 1 is 1.26 bits per heavy atom. The van der Waals surface area contributed by atoms with Gasteiger partial charge >= 0.3 is 0 Å². The van der Waals surface area contributed by atoms with Gasteiger partial charge in [-0.3, -0.25) is 4.79 Å². The minimum absolute atomic E-state index is 0.214. The first kappa shape index (κ1) is 12.4. The van der Waals surface area contributed by atoms with Crippen molar-refractivity contribution < 1.29 is 4.79 Å². The van der Waals surface area contributed by atoms with Crippen LogP contribution in [-0.2, 0) is 6.42 Å². The molecule has 0 bridgehead atoms. The Morgan fingerprint density at radius 2 is 1.95 bits per heavy atom. The van der Waals surface area contributed by atoms with Gasteiger partial charge in [0.15, 0.2) is 5.78 Å². The number of halogens is 1. The average molecular weight is 275 g/mol. The summed E-state index contributed by atoms with van der Waals surface area (Å²) in [6.07, 6.45) is 1.52. The van der Waals surface area contributed by atoms with Crippen molar-refractivity contribution in [3.05, 3.63) is 46.2 Å². The van der Waals surface area contributed by atoms with Crippen LogP contribution in [0.2, 0.25) is 5.02 Å². The van der Waals surface area contributed by atoms with Gasteiger partial charge in [0, 0.05) is 11.4 Å². The highest BCUT2D eigenvalue weighted by Gasteiger charge is 2.29. The van der Waals surface area contributed by atoms with E-state index in [2.05, 4.69) is 12.0 Å². The number of fused-ring (bicyclic) bond motifs is 1. The molecular weight excluding hydrogens is 260 g/mol. The van der Waals surface area contributed by atoms with Crippen LogP contribution < -0.4 is 0 Å². The molecule has 4 heteroatoms. The number of carbonyl (C=O) groups excluding carboxylic acids is 1. The van der Waals surface area contributed by atoms with Gasteiger partial charge in [-0.15, -0.1) is 0 Å². The molecule has 1 heterocycles. The first-order valence-corrected chi connectivity index (χ1v) is 6.81. The number of ketones is 1. The average Bonchev–Trinajstić information content (AvgIpc) is 2.67. The van der Waals surface area contributed by atoms with E-state index in [1.165, 1.54) is 0 Å². The van der Waals surface area contributed by atoms with E-state index in [0.717, 1.165) is 29.1 Å². The lowest BCUT2D eigenvalue weighted by Gasteiger charge is -2.19. The van der Waals surface area contributed by atoms with Crippen LogP contribution in [0.5, 0.6) is 0 Å². The number of hydrogen-bond acceptors (Lipinski definition) is 2. The number of rotatable bonds is 1. The topological polar surface area (TPSA) is 34.9 Å². The van der Waals surface area contributed by atoms with Gasteiger partial charge in [0.2, 0.25) is 0 Å². The molecule has 1 atom stereocenters. The number of nitrogens with zero attached hydrogens (tertiary/aromatic N) is 2. The lowest BCUT2D eigenvalue weighted by molar-refractivity contribution is 0.0952. The van der Waals surface area contributed by atoms with Crippen LogP contribution in [0.4, 0.5) is 0 Å². The van der Waals surface area contributed by atoms with E-state index >= 15 is 0 Å². The maximum absolute atomic E-state index is 12.1. The standard InChI is InChI=1S/C15H15ClN2O/c1-9-7-13-15(14(19)8-9)10(2)17-18(13)12-5-3-11(16)4-6-12/h3-6,9H,7-8H2,1-2H3. The zero-order valence-electron chi connectivity index (χ0n) is 11.0. The molecule has 1 aliphatic rings. The summed E-state index contributed by atoms with van der Waals surface area (Å²) >= 11 is 5.91. The van der Waals surface area contributed by atoms with E-state index in [1.807, 2.05) is 35.9 Å². The van der Waals surface area contributed by atoms with Crippen LogP contribution >= 0.6 is 11.6 Å². The summed E-state index contributed by atoms with van der Waals surface area (Å²) in [4.78, 5) is 12.1. The van der Waals surface area contributed by atoms with Gasteiger partial charge in [0.25, 0.3) is 0 Å². The number of Topliss-reactive ketones (excluding diaryl/α,β-unsaturated/α-hetero) is 1. The van der Waals surface area contributed by atoms with Gasteiger partial charge in [0.1, 0.15) is 0 Å². The van der Waals surface area contributed by atoms with Crippen LogP contribution in [0, 0.1) is 12.8 Å². The van der Waals surface area contributed by atoms with Crippen LogP contribution in [0.15, 0.2) is 24.3 Å². The second kappa shape index (κ2) is 4.49. The molecule has 3 nitrogen and oxygen atoms in total. The second-order valence-corrected chi connectivity index (χ2v) is 5.67. The van der Waals surface area contributed by atoms with Crippen LogP contribution in [0.3, 0.4) is 0 Å². The predicted octanol–water partition coefficient (Wildman–Crippen LogP) is 3.60. The fourth-order valence-electron chi connectivity index (χ4n) is 2.74. The molecule has 0 amide bonds. The van der Waals surface area contributed by atoms with Crippen molar-refractivity contribution in [2.45, 2.75) is 26.7 Å². The van der Waals surface area contributed by atoms with Gasteiger partial charge < -0.3 is 0 Å². The largest absolute Gasteiger partial charge is 0.294 e. The number of hydrogen-bond donors (Lipinski definition) is 0. The van der Waals surface area contributed by atoms with E-state index in [1.54, 1.807) is 0 Å². The zero-order valence-corrected chi connectivity index (χ0v) is 11.7. The molecule has 0 radical (unpaired) electrons. The molecule has 0 saturated heterocycles. The van der Waals surface area contributed by atoms with Crippen molar-refractivity contribution in [1.29, 1.82) is 0 Å². The maximum Gasteiger partial charge on any atom is 0.166 e. The normalized spacial score (nSPS) is 18.5. The first-order chi connectivity index (χ1) is 9.06. The van der Waals surface area contributed by atoms with Crippen LogP contribution in [0.1, 0.15) is 35.1 Å². The van der Waals surface area contributed by atoms with Crippen molar-refractivity contribution in [3.63, 3.8) is 0 Å². The molecule has 0 aliphatic heterocycles. The molecule has 1 unspecified atom stereocenters. The lowest BCUT2D eigenvalue weighted by atomic mass is 9.87. The van der Waals surface area contributed by atoms with Gasteiger partial charge in [-0.2, -0.15) is 5.10 Å². The summed E-state index contributed by atoms with van der Waals surface area (Å²) in [6, 6.07) is 7.54. The Balaban J connectivity index is 2.16. The highest BCUT2D eigenvalue weighted by atomic mass is 35.5. The molecule has 0 saturated carbocycles. The smallest absolute Gasteiger partial charge is 0.166 e. The molecule has 0 N–H and O–H groups in total. The molecule has 19 heavy (non-hydrogen) atoms. The highest BCUT2D eigenvalue weighted by Crippen LogP contribution is 2.29. The summed E-state index contributed by atoms with van der Waals surface area (Å²) < 4.78 is 1.88. The molecule has 98 valence electrons. The predicted molar refractivity (Wildman–Crippen MR) is 75.1 cm³/mol. The van der Waals surface area contributed by atoms with Crippen molar-refractivity contribution in [2.24, 2.45) is 5.92 Å². The van der Waals surface area contributed by atoms with Crippen molar-refractivity contribution in [1.82, 2.24) is 9.78 Å². The monoisotopic (exact) mass is 274 g/mol. The Hall–Kier alpha value is -1.61. The number of aromatic nitrogens is 2. The van der Waals surface area contributed by atoms with Crippen molar-refractivity contribution in [3.8, 4) is 5.69 Å². The van der Waals surface area contributed by atoms with Crippen molar-refractivity contribution >= 4 is 17.4 Å². The van der Waals surface area contributed by atoms with Gasteiger partial charge in [-0.05, 0) is 43.5 Å². The maximum atomic E-state index is 12.1. The second-order valence-electron chi connectivity index (χ2n) is 5.23. The van der Waals surface area contributed by atoms with E-state index in [4.69, 9.17) is 11.6 Å². The summed E-state index contributed by atoms with van der Waals surface area (Å²) in [5, 5.41) is 5.23. The number of benzene rings is 1. The third kappa shape index (κ3) is 2.08. The first-order valence-electron chi connectivity index (χ1n) is 6.44. The number of aryl methyl sites for hydroxylation is 1. The Bertz CT molecular complexity index is 643. The highest BCUT2D eigenvalue weighted by molar-refractivity contribution is 6.30. The summed E-state index contributed by atoms with van der Waals surface area (Å²) in [5.74, 6) is 0.591. The summed E-state index contributed by atoms with van der Waals surface area (Å²) in [5.41, 5.74) is 3.62. The third-order valence-corrected chi connectivity index (χ3v) is 3.83. The molecule has 1 aliphatic carbocycles. The molecule has 3 rings (SSSR count). The van der Waals surface area contributed by atoms with Gasteiger partial charge in [0.05, 0.1) is 22.6 Å². The number of carbonyl (C=O) groups is 1. The SMILES string of the molecule is Cc1nn(-c2ccc(Cl)cc2)c2c1C(=O)CC(C)C2. The molecule has 0 spiro atoms. The van der Waals surface area contributed by atoms with E-state index in [-0.39, 0.29) is 5.78 Å². The van der Waals surface area contributed by atoms with E-state index in [0.29, 0.717) is 17.4 Å². The molecular formula is C15H15ClN2O. The van der Waals surface area contributed by atoms with Crippen LogP contribution in [-0.4, -0.2) is 15.6 Å². The quantitative estimate of drug-likeness (QED) is 0.796. The summed E-state index contributed by atoms with van der Waals surface area (Å²) in [7, 11) is 0. The Labute approximate surface area is 117 Å². The zero-order chi connectivity index (χ0) is 13.6. The lowest BCUT2D eigenvalue weighted by Crippen LogP contribution is -2.19. The van der Waals surface area contributed by atoms with E-state index in [9.17, 15) is 4.79 Å². The van der Waals surface area contributed by atoms with Crippen LogP contribution in [0.25, 0.3) is 5.69 Å². The van der Waals surface area contributed by atoms with E-state index < -0.39 is 0 Å². The molecule has 1 aromatic heterocycles. The third-order valence-electron chi connectivity index (χ3n) is 3.58. The molecule has 0 fully saturated rings. The fourth-order valence-corrected chi connectivity index (χ4v) is 2.87. The minimum Gasteiger partial charge on any atom is -0.294 e. The Kier molecular flexibility index (Phi) is 2.94. The van der Waals surface area contributed by atoms with Gasteiger partial charge in [-0.25, -0.2) is 4.68 Å².